The lowest BCUT2D eigenvalue weighted by Crippen LogP contribution is -2.79. The van der Waals surface area contributed by atoms with Gasteiger partial charge in [0.15, 0.2) is 11.5 Å². The van der Waals surface area contributed by atoms with E-state index in [0.717, 1.165) is 35.3 Å². The number of ether oxygens (including phenoxy) is 1. The highest BCUT2D eigenvalue weighted by Crippen LogP contribution is 2.66. The highest BCUT2D eigenvalue weighted by Gasteiger charge is 2.74. The molecule has 6 rings (SSSR count). The van der Waals surface area contributed by atoms with Crippen molar-refractivity contribution in [3.05, 3.63) is 77.4 Å². The number of hydrogen-bond donors (Lipinski definition) is 2. The number of carbonyl (C=O) groups excluding carboxylic acids is 1. The predicted octanol–water partition coefficient (Wildman–Crippen LogP) is 3.83. The first-order chi connectivity index (χ1) is 17.7. The van der Waals surface area contributed by atoms with Gasteiger partial charge in [0.1, 0.15) is 6.10 Å². The standard InChI is InChI=1S/C31H36N2O4/c1-5-14-33-15-13-30-26-22-10-11-23(34)28(26)37-29(30)27(20(3)18-31(30,36)24(33)17-22)32(4)25(35)12-9-21-8-6-7-19(2)16-21/h5-12,16,20,24,27,29,34,36H,1,13-15,17-18H2,2-4H3/t20-,24-,27+,29+,30+,31-/m1/s1. The number of nitrogens with zero attached hydrogens (tertiary/aromatic N) is 2. The van der Waals surface area contributed by atoms with Crippen LogP contribution in [0.15, 0.2) is 55.1 Å². The maximum Gasteiger partial charge on any atom is 0.246 e. The Balaban J connectivity index is 1.41. The van der Waals surface area contributed by atoms with Gasteiger partial charge < -0.3 is 19.8 Å². The Morgan fingerprint density at radius 2 is 2.14 bits per heavy atom. The van der Waals surface area contributed by atoms with Crippen LogP contribution in [-0.2, 0) is 16.6 Å². The van der Waals surface area contributed by atoms with Crippen molar-refractivity contribution in [2.45, 2.75) is 62.3 Å². The molecule has 4 aliphatic rings. The zero-order valence-corrected chi connectivity index (χ0v) is 21.9. The van der Waals surface area contributed by atoms with Gasteiger partial charge in [0.05, 0.1) is 17.1 Å². The molecule has 2 aromatic carbocycles. The smallest absolute Gasteiger partial charge is 0.246 e. The minimum absolute atomic E-state index is 0.00590. The average Bonchev–Trinajstić information content (AvgIpc) is 3.20. The molecule has 0 unspecified atom stereocenters. The Labute approximate surface area is 218 Å². The minimum atomic E-state index is -1.03. The molecule has 0 aromatic heterocycles. The first kappa shape index (κ1) is 24.3. The number of amides is 1. The van der Waals surface area contributed by atoms with Crippen LogP contribution in [0.3, 0.4) is 0 Å². The number of piperidine rings is 1. The van der Waals surface area contributed by atoms with Crippen LogP contribution in [0.2, 0.25) is 0 Å². The number of likely N-dealkylation sites (N-methyl/N-ethyl adjacent to an activating group) is 1. The molecule has 1 saturated carbocycles. The fourth-order valence-electron chi connectivity index (χ4n) is 8.05. The van der Waals surface area contributed by atoms with Crippen LogP contribution >= 0.6 is 0 Å². The lowest BCUT2D eigenvalue weighted by molar-refractivity contribution is -0.210. The molecular weight excluding hydrogens is 464 g/mol. The summed E-state index contributed by atoms with van der Waals surface area (Å²) in [5.41, 5.74) is 2.51. The summed E-state index contributed by atoms with van der Waals surface area (Å²) in [6.07, 6.45) is 6.90. The van der Waals surface area contributed by atoms with E-state index < -0.39 is 17.1 Å². The Hall–Kier alpha value is -3.09. The Bertz CT molecular complexity index is 1300. The number of aliphatic hydroxyl groups is 1. The number of benzene rings is 2. The third-order valence-electron chi connectivity index (χ3n) is 9.52. The van der Waals surface area contributed by atoms with Crippen molar-refractivity contribution < 1.29 is 19.7 Å². The van der Waals surface area contributed by atoms with Crippen molar-refractivity contribution in [3.63, 3.8) is 0 Å². The van der Waals surface area contributed by atoms with Gasteiger partial charge in [-0.2, -0.15) is 0 Å². The first-order valence-electron chi connectivity index (χ1n) is 13.3. The maximum atomic E-state index is 13.5. The molecule has 6 heteroatoms. The number of phenols is 1. The van der Waals surface area contributed by atoms with E-state index in [1.54, 1.807) is 17.0 Å². The second-order valence-electron chi connectivity index (χ2n) is 11.5. The van der Waals surface area contributed by atoms with Gasteiger partial charge in [0.25, 0.3) is 0 Å². The summed E-state index contributed by atoms with van der Waals surface area (Å²) in [7, 11) is 1.84. The number of hydrogen-bond acceptors (Lipinski definition) is 5. The number of aryl methyl sites for hydroxylation is 1. The second kappa shape index (κ2) is 8.47. The maximum absolute atomic E-state index is 13.5. The fraction of sp³-hybridized carbons (Fsp3) is 0.452. The molecule has 2 heterocycles. The zero-order valence-electron chi connectivity index (χ0n) is 21.9. The topological polar surface area (TPSA) is 73.2 Å². The van der Waals surface area contributed by atoms with Crippen molar-refractivity contribution in [1.82, 2.24) is 9.80 Å². The molecule has 2 aliphatic heterocycles. The Morgan fingerprint density at radius 3 is 2.89 bits per heavy atom. The van der Waals surface area contributed by atoms with Crippen LogP contribution in [0.1, 0.15) is 42.0 Å². The monoisotopic (exact) mass is 500 g/mol. The van der Waals surface area contributed by atoms with Crippen molar-refractivity contribution in [2.24, 2.45) is 5.92 Å². The lowest BCUT2D eigenvalue weighted by Gasteiger charge is -2.65. The Kier molecular flexibility index (Phi) is 5.55. The molecule has 1 saturated heterocycles. The average molecular weight is 501 g/mol. The molecule has 1 amide bonds. The van der Waals surface area contributed by atoms with Crippen LogP contribution in [0.5, 0.6) is 11.5 Å². The zero-order chi connectivity index (χ0) is 26.1. The minimum Gasteiger partial charge on any atom is -0.504 e. The van der Waals surface area contributed by atoms with Gasteiger partial charge in [-0.05, 0) is 61.9 Å². The van der Waals surface area contributed by atoms with Gasteiger partial charge >= 0.3 is 0 Å². The third-order valence-corrected chi connectivity index (χ3v) is 9.52. The van der Waals surface area contributed by atoms with Crippen LogP contribution in [0, 0.1) is 12.8 Å². The second-order valence-corrected chi connectivity index (χ2v) is 11.5. The quantitative estimate of drug-likeness (QED) is 0.482. The molecule has 37 heavy (non-hydrogen) atoms. The van der Waals surface area contributed by atoms with Gasteiger partial charge in [0.2, 0.25) is 5.91 Å². The van der Waals surface area contributed by atoms with Crippen molar-refractivity contribution in [3.8, 4) is 11.5 Å². The normalized spacial score (nSPS) is 33.6. The molecule has 194 valence electrons. The van der Waals surface area contributed by atoms with E-state index in [1.807, 2.05) is 56.5 Å². The van der Waals surface area contributed by atoms with Crippen molar-refractivity contribution in [1.29, 1.82) is 0 Å². The summed E-state index contributed by atoms with van der Waals surface area (Å²) in [5.74, 6) is 0.498. The largest absolute Gasteiger partial charge is 0.504 e. The lowest BCUT2D eigenvalue weighted by atomic mass is 9.46. The summed E-state index contributed by atoms with van der Waals surface area (Å²) >= 11 is 0. The van der Waals surface area contributed by atoms with E-state index in [2.05, 4.69) is 18.4 Å². The fourth-order valence-corrected chi connectivity index (χ4v) is 8.05. The van der Waals surface area contributed by atoms with Gasteiger partial charge in [-0.3, -0.25) is 9.69 Å². The van der Waals surface area contributed by atoms with E-state index in [-0.39, 0.29) is 29.7 Å². The number of rotatable bonds is 5. The molecule has 2 aliphatic carbocycles. The van der Waals surface area contributed by atoms with Crippen molar-refractivity contribution >= 4 is 12.0 Å². The number of likely N-dealkylation sites (tertiary alicyclic amines) is 1. The number of phenolic OH excluding ortho intramolecular Hbond substituents is 1. The summed E-state index contributed by atoms with van der Waals surface area (Å²) in [6.45, 7) is 9.61. The van der Waals surface area contributed by atoms with Crippen LogP contribution < -0.4 is 4.74 Å². The molecular formula is C31H36N2O4. The molecule has 0 radical (unpaired) electrons. The van der Waals surface area contributed by atoms with Gasteiger partial charge in [0, 0.05) is 31.3 Å². The predicted molar refractivity (Wildman–Crippen MR) is 144 cm³/mol. The molecule has 2 aromatic rings. The highest BCUT2D eigenvalue weighted by atomic mass is 16.5. The van der Waals surface area contributed by atoms with E-state index in [0.29, 0.717) is 25.0 Å². The molecule has 2 fully saturated rings. The third kappa shape index (κ3) is 3.28. The SMILES string of the molecule is C=CCN1CC[C@]23c4c5ccc(O)c4O[C@H]2[C@@H](N(C)C(=O)C=Cc2cccc(C)c2)[C@H](C)C[C@@]3(O)[C@H]1C5. The van der Waals surface area contributed by atoms with E-state index in [9.17, 15) is 15.0 Å². The van der Waals surface area contributed by atoms with Crippen LogP contribution in [0.25, 0.3) is 6.08 Å². The molecule has 2 bridgehead atoms. The summed E-state index contributed by atoms with van der Waals surface area (Å²) in [4.78, 5) is 17.6. The molecule has 2 N–H and O–H groups in total. The first-order valence-corrected chi connectivity index (χ1v) is 13.3. The number of carbonyl (C=O) groups is 1. The van der Waals surface area contributed by atoms with E-state index in [1.165, 1.54) is 0 Å². The molecule has 6 atom stereocenters. The van der Waals surface area contributed by atoms with Crippen LogP contribution in [-0.4, -0.2) is 69.8 Å². The summed E-state index contributed by atoms with van der Waals surface area (Å²) in [6, 6.07) is 11.4. The van der Waals surface area contributed by atoms with E-state index >= 15 is 0 Å². The van der Waals surface area contributed by atoms with Crippen LogP contribution in [0.4, 0.5) is 0 Å². The van der Waals surface area contributed by atoms with Gasteiger partial charge in [-0.25, -0.2) is 0 Å². The highest BCUT2D eigenvalue weighted by molar-refractivity contribution is 5.92. The molecule has 1 spiro atoms. The number of aromatic hydroxyl groups is 1. The van der Waals surface area contributed by atoms with Crippen molar-refractivity contribution in [2.75, 3.05) is 20.1 Å². The van der Waals surface area contributed by atoms with E-state index in [4.69, 9.17) is 4.74 Å². The van der Waals surface area contributed by atoms with Gasteiger partial charge in [-0.15, -0.1) is 6.58 Å². The summed E-state index contributed by atoms with van der Waals surface area (Å²) < 4.78 is 6.64. The molecule has 6 nitrogen and oxygen atoms in total. The Morgan fingerprint density at radius 1 is 1.32 bits per heavy atom. The van der Waals surface area contributed by atoms with Gasteiger partial charge in [-0.1, -0.05) is 48.9 Å². The summed E-state index contributed by atoms with van der Waals surface area (Å²) in [5, 5.41) is 23.5.